The van der Waals surface area contributed by atoms with Gasteiger partial charge in [0, 0.05) is 16.2 Å². The molecule has 1 aromatic heterocycles. The van der Waals surface area contributed by atoms with Gasteiger partial charge in [0.2, 0.25) is 0 Å². The lowest BCUT2D eigenvalue weighted by atomic mass is 10.1. The molecule has 4 nitrogen and oxygen atoms in total. The number of aromatic nitrogens is 1. The van der Waals surface area contributed by atoms with Crippen LogP contribution in [0.25, 0.3) is 21.7 Å². The molecule has 88 valence electrons. The van der Waals surface area contributed by atoms with E-state index in [1.165, 1.54) is 0 Å². The van der Waals surface area contributed by atoms with E-state index in [9.17, 15) is 10.0 Å². The summed E-state index contributed by atoms with van der Waals surface area (Å²) in [6.45, 7) is 0. The molecule has 1 heterocycles. The molecule has 0 radical (unpaired) electrons. The molecule has 18 heavy (non-hydrogen) atoms. The second-order valence-corrected chi connectivity index (χ2v) is 3.99. The van der Waals surface area contributed by atoms with E-state index in [0.29, 0.717) is 27.0 Å². The van der Waals surface area contributed by atoms with Gasteiger partial charge in [0.05, 0.1) is 5.52 Å². The summed E-state index contributed by atoms with van der Waals surface area (Å²) in [5.41, 5.74) is 0.447. The van der Waals surface area contributed by atoms with E-state index in [1.54, 1.807) is 24.3 Å². The average Bonchev–Trinajstić information content (AvgIpc) is 2.53. The lowest BCUT2D eigenvalue weighted by Crippen LogP contribution is -2.04. The number of hydrogen-bond donors (Lipinski definition) is 2. The summed E-state index contributed by atoms with van der Waals surface area (Å²) in [6, 6.07) is 14.3. The summed E-state index contributed by atoms with van der Waals surface area (Å²) in [7, 11) is 0. The summed E-state index contributed by atoms with van der Waals surface area (Å²) in [4.78, 5) is 14.9. The molecule has 4 heteroatoms. The third kappa shape index (κ3) is 1.47. The highest BCUT2D eigenvalue weighted by Crippen LogP contribution is 2.09. The van der Waals surface area contributed by atoms with Crippen LogP contribution in [-0.2, 0) is 0 Å². The molecule has 0 spiro atoms. The first kappa shape index (κ1) is 10.5. The summed E-state index contributed by atoms with van der Waals surface area (Å²) in [5, 5.41) is 14.8. The van der Waals surface area contributed by atoms with Crippen LogP contribution >= 0.6 is 0 Å². The van der Waals surface area contributed by atoms with Crippen LogP contribution < -0.4 is 10.9 Å². The SMILES string of the molecule is O=c1[nH]c2ccccc2c(=NO)c2ccccc12. The Balaban J connectivity index is 2.81. The Morgan fingerprint density at radius 1 is 0.889 bits per heavy atom. The minimum Gasteiger partial charge on any atom is -0.410 e. The van der Waals surface area contributed by atoms with Crippen molar-refractivity contribution in [2.45, 2.75) is 0 Å². The topological polar surface area (TPSA) is 65.5 Å². The molecule has 2 N–H and O–H groups in total. The van der Waals surface area contributed by atoms with Crippen LogP contribution in [0.1, 0.15) is 0 Å². The first-order valence-corrected chi connectivity index (χ1v) is 5.53. The standard InChI is InChI=1S/C14H10N2O2/c17-14-10-6-2-1-5-9(10)13(16-18)11-7-3-4-8-12(11)15-14/h1-8,18H,(H,15,17). The van der Waals surface area contributed by atoms with Gasteiger partial charge in [-0.3, -0.25) is 4.79 Å². The number of H-pyrrole nitrogens is 1. The van der Waals surface area contributed by atoms with E-state index < -0.39 is 0 Å². The summed E-state index contributed by atoms with van der Waals surface area (Å²) in [6.07, 6.45) is 0. The Bertz CT molecular complexity index is 866. The van der Waals surface area contributed by atoms with Gasteiger partial charge in [0.1, 0.15) is 5.36 Å². The lowest BCUT2D eigenvalue weighted by Gasteiger charge is -1.92. The molecule has 0 atom stereocenters. The molecular formula is C14H10N2O2. The number of nitrogens with one attached hydrogen (secondary N) is 1. The molecule has 0 aliphatic rings. The largest absolute Gasteiger partial charge is 0.410 e. The van der Waals surface area contributed by atoms with Crippen LogP contribution in [0.4, 0.5) is 0 Å². The van der Waals surface area contributed by atoms with Gasteiger partial charge in [-0.25, -0.2) is 0 Å². The van der Waals surface area contributed by atoms with Gasteiger partial charge >= 0.3 is 0 Å². The first-order chi connectivity index (χ1) is 8.81. The number of benzene rings is 2. The number of rotatable bonds is 0. The number of hydrogen-bond acceptors (Lipinski definition) is 3. The van der Waals surface area contributed by atoms with E-state index in [-0.39, 0.29) is 5.56 Å². The maximum absolute atomic E-state index is 12.1. The molecule has 2 aromatic carbocycles. The summed E-state index contributed by atoms with van der Waals surface area (Å²) >= 11 is 0. The van der Waals surface area contributed by atoms with Crippen molar-refractivity contribution in [3.8, 4) is 0 Å². The maximum Gasteiger partial charge on any atom is 0.256 e. The van der Waals surface area contributed by atoms with E-state index in [2.05, 4.69) is 10.1 Å². The Morgan fingerprint density at radius 2 is 1.50 bits per heavy atom. The van der Waals surface area contributed by atoms with Crippen molar-refractivity contribution in [1.29, 1.82) is 0 Å². The van der Waals surface area contributed by atoms with Crippen LogP contribution in [0.15, 0.2) is 58.5 Å². The van der Waals surface area contributed by atoms with Crippen LogP contribution in [0.5, 0.6) is 0 Å². The van der Waals surface area contributed by atoms with Gasteiger partial charge < -0.3 is 10.2 Å². The molecule has 0 aliphatic carbocycles. The van der Waals surface area contributed by atoms with Crippen molar-refractivity contribution in [1.82, 2.24) is 4.98 Å². The van der Waals surface area contributed by atoms with Crippen molar-refractivity contribution in [3.63, 3.8) is 0 Å². The van der Waals surface area contributed by atoms with E-state index in [1.807, 2.05) is 24.3 Å². The summed E-state index contributed by atoms with van der Waals surface area (Å²) < 4.78 is 0. The third-order valence-electron chi connectivity index (χ3n) is 2.96. The molecule has 0 amide bonds. The maximum atomic E-state index is 12.1. The highest BCUT2D eigenvalue weighted by molar-refractivity contribution is 5.90. The van der Waals surface area contributed by atoms with Gasteiger partial charge in [0.15, 0.2) is 0 Å². The quantitative estimate of drug-likeness (QED) is 0.464. The highest BCUT2D eigenvalue weighted by Gasteiger charge is 2.03. The molecule has 3 rings (SSSR count). The molecule has 0 saturated heterocycles. The molecule has 0 aliphatic heterocycles. The predicted octanol–water partition coefficient (Wildman–Crippen LogP) is 1.97. The monoisotopic (exact) mass is 238 g/mol. The van der Waals surface area contributed by atoms with Crippen LogP contribution in [0.2, 0.25) is 0 Å². The average molecular weight is 238 g/mol. The van der Waals surface area contributed by atoms with Gasteiger partial charge in [0.25, 0.3) is 5.56 Å². The Labute approximate surface area is 102 Å². The fourth-order valence-electron chi connectivity index (χ4n) is 2.13. The number of nitrogens with zero attached hydrogens (tertiary/aromatic N) is 1. The normalized spacial score (nSPS) is 12.1. The zero-order valence-electron chi connectivity index (χ0n) is 9.42. The second-order valence-electron chi connectivity index (χ2n) is 3.99. The molecule has 0 fully saturated rings. The lowest BCUT2D eigenvalue weighted by molar-refractivity contribution is 0.304. The third-order valence-corrected chi connectivity index (χ3v) is 2.96. The minimum atomic E-state index is -0.197. The van der Waals surface area contributed by atoms with Gasteiger partial charge in [-0.05, 0) is 12.1 Å². The predicted molar refractivity (Wildman–Crippen MR) is 69.4 cm³/mol. The fourth-order valence-corrected chi connectivity index (χ4v) is 2.13. The van der Waals surface area contributed by atoms with Gasteiger partial charge in [-0.2, -0.15) is 0 Å². The van der Waals surface area contributed by atoms with Crippen molar-refractivity contribution in [3.05, 3.63) is 64.2 Å². The number of fused-ring (bicyclic) bond motifs is 2. The van der Waals surface area contributed by atoms with Crippen molar-refractivity contribution >= 4 is 21.7 Å². The Morgan fingerprint density at radius 3 is 2.22 bits per heavy atom. The smallest absolute Gasteiger partial charge is 0.256 e. The van der Waals surface area contributed by atoms with Gasteiger partial charge in [-0.1, -0.05) is 41.6 Å². The molecule has 0 saturated carbocycles. The zero-order chi connectivity index (χ0) is 12.5. The fraction of sp³-hybridized carbons (Fsp3) is 0. The van der Waals surface area contributed by atoms with Crippen LogP contribution in [-0.4, -0.2) is 10.2 Å². The second kappa shape index (κ2) is 4.00. The van der Waals surface area contributed by atoms with Crippen LogP contribution in [0.3, 0.4) is 0 Å². The molecule has 0 unspecified atom stereocenters. The highest BCUT2D eigenvalue weighted by atomic mass is 16.4. The molecule has 0 bridgehead atoms. The Hall–Kier alpha value is -2.62. The van der Waals surface area contributed by atoms with Crippen LogP contribution in [0, 0.1) is 0 Å². The Kier molecular flexibility index (Phi) is 2.34. The van der Waals surface area contributed by atoms with Crippen molar-refractivity contribution in [2.24, 2.45) is 5.16 Å². The molecule has 3 aromatic rings. The van der Waals surface area contributed by atoms with Gasteiger partial charge in [-0.15, -0.1) is 0 Å². The van der Waals surface area contributed by atoms with E-state index in [4.69, 9.17) is 0 Å². The van der Waals surface area contributed by atoms with E-state index >= 15 is 0 Å². The summed E-state index contributed by atoms with van der Waals surface area (Å²) in [5.74, 6) is 0. The number of para-hydroxylation sites is 1. The zero-order valence-corrected chi connectivity index (χ0v) is 9.42. The number of aromatic amines is 1. The molecular weight excluding hydrogens is 228 g/mol. The first-order valence-electron chi connectivity index (χ1n) is 5.53. The van der Waals surface area contributed by atoms with Crippen molar-refractivity contribution in [2.75, 3.05) is 0 Å². The minimum absolute atomic E-state index is 0.197. The van der Waals surface area contributed by atoms with Crippen molar-refractivity contribution < 1.29 is 5.21 Å². The van der Waals surface area contributed by atoms with E-state index in [0.717, 1.165) is 0 Å².